The molecule has 3 heterocycles. The van der Waals surface area contributed by atoms with Crippen molar-refractivity contribution in [3.63, 3.8) is 0 Å². The van der Waals surface area contributed by atoms with E-state index in [2.05, 4.69) is 4.98 Å². The molecular weight excluding hydrogens is 309 g/mol. The van der Waals surface area contributed by atoms with Crippen LogP contribution in [0.1, 0.15) is 21.1 Å². The Morgan fingerprint density at radius 3 is 2.77 bits per heavy atom. The molecule has 22 heavy (non-hydrogen) atoms. The van der Waals surface area contributed by atoms with Crippen LogP contribution < -0.4 is 0 Å². The zero-order valence-electron chi connectivity index (χ0n) is 12.3. The molecule has 0 radical (unpaired) electrons. The van der Waals surface area contributed by atoms with Crippen LogP contribution in [0.15, 0.2) is 6.20 Å². The number of aromatic nitrogens is 1. The number of amides is 2. The van der Waals surface area contributed by atoms with Crippen LogP contribution in [0.2, 0.25) is 0 Å². The molecule has 0 saturated carbocycles. The van der Waals surface area contributed by atoms with Gasteiger partial charge in [-0.2, -0.15) is 0 Å². The minimum Gasteiger partial charge on any atom is -0.378 e. The summed E-state index contributed by atoms with van der Waals surface area (Å²) < 4.78 is 19.1. The molecule has 0 bridgehead atoms. The maximum Gasteiger partial charge on any atom is 0.266 e. The number of halogens is 1. The van der Waals surface area contributed by atoms with Gasteiger partial charge in [0, 0.05) is 19.5 Å². The van der Waals surface area contributed by atoms with Gasteiger partial charge in [-0.15, -0.1) is 11.3 Å². The molecule has 1 aromatic rings. The van der Waals surface area contributed by atoms with E-state index >= 15 is 0 Å². The average Bonchev–Trinajstić information content (AvgIpc) is 3.13. The van der Waals surface area contributed by atoms with Crippen LogP contribution in [0.5, 0.6) is 0 Å². The van der Waals surface area contributed by atoms with E-state index in [-0.39, 0.29) is 24.8 Å². The zero-order chi connectivity index (χ0) is 15.7. The smallest absolute Gasteiger partial charge is 0.266 e. The maximum absolute atomic E-state index is 13.8. The van der Waals surface area contributed by atoms with E-state index < -0.39 is 12.2 Å². The maximum atomic E-state index is 13.8. The molecule has 2 aliphatic rings. The van der Waals surface area contributed by atoms with Gasteiger partial charge < -0.3 is 14.5 Å². The topological polar surface area (TPSA) is 62.7 Å². The molecular formula is C14H18FN3O3S. The minimum absolute atomic E-state index is 0.0312. The molecule has 0 unspecified atom stereocenters. The first-order valence-electron chi connectivity index (χ1n) is 7.30. The predicted molar refractivity (Wildman–Crippen MR) is 78.6 cm³/mol. The summed E-state index contributed by atoms with van der Waals surface area (Å²) in [4.78, 5) is 32.6. The summed E-state index contributed by atoms with van der Waals surface area (Å²) in [6.07, 6.45) is 0.400. The highest BCUT2D eigenvalue weighted by Gasteiger charge is 2.42. The molecule has 0 spiro atoms. The van der Waals surface area contributed by atoms with E-state index in [4.69, 9.17) is 4.74 Å². The number of carbonyl (C=O) groups excluding carboxylic acids is 2. The van der Waals surface area contributed by atoms with Crippen molar-refractivity contribution in [2.45, 2.75) is 25.6 Å². The van der Waals surface area contributed by atoms with Gasteiger partial charge in [-0.3, -0.25) is 9.59 Å². The van der Waals surface area contributed by atoms with E-state index in [0.29, 0.717) is 31.2 Å². The Labute approximate surface area is 131 Å². The number of ether oxygens (including phenoxy) is 1. The third-order valence-corrected chi connectivity index (χ3v) is 4.85. The molecule has 8 heteroatoms. The number of thiazole rings is 1. The predicted octanol–water partition coefficient (Wildman–Crippen LogP) is 0.863. The molecule has 2 amide bonds. The number of carbonyl (C=O) groups is 2. The van der Waals surface area contributed by atoms with Gasteiger partial charge in [-0.05, 0) is 6.92 Å². The van der Waals surface area contributed by atoms with Crippen LogP contribution in [0.25, 0.3) is 0 Å². The Morgan fingerprint density at radius 2 is 2.14 bits per heavy atom. The highest BCUT2D eigenvalue weighted by molar-refractivity contribution is 7.13. The second-order valence-electron chi connectivity index (χ2n) is 5.49. The molecule has 0 aliphatic carbocycles. The van der Waals surface area contributed by atoms with Gasteiger partial charge in [0.25, 0.3) is 5.91 Å². The Morgan fingerprint density at radius 1 is 1.41 bits per heavy atom. The standard InChI is InChI=1S/C14H18FN3O3S/c1-9-16-7-12(22-9)14(20)18-8-10(15)6-11(18)13(19)17-2-4-21-5-3-17/h7,10-11H,2-6,8H2,1H3/t10-,11+/m1/s1. The fourth-order valence-electron chi connectivity index (χ4n) is 2.84. The molecule has 120 valence electrons. The average molecular weight is 327 g/mol. The lowest BCUT2D eigenvalue weighted by atomic mass is 10.1. The van der Waals surface area contributed by atoms with Crippen LogP contribution >= 0.6 is 11.3 Å². The number of hydrogen-bond acceptors (Lipinski definition) is 5. The summed E-state index contributed by atoms with van der Waals surface area (Å²) in [5.41, 5.74) is 0. The lowest BCUT2D eigenvalue weighted by Crippen LogP contribution is -2.50. The van der Waals surface area contributed by atoms with E-state index in [1.807, 2.05) is 0 Å². The van der Waals surface area contributed by atoms with Crippen molar-refractivity contribution in [3.05, 3.63) is 16.1 Å². The van der Waals surface area contributed by atoms with Crippen molar-refractivity contribution in [2.75, 3.05) is 32.8 Å². The van der Waals surface area contributed by atoms with Crippen molar-refractivity contribution in [3.8, 4) is 0 Å². The summed E-state index contributed by atoms with van der Waals surface area (Å²) in [7, 11) is 0. The summed E-state index contributed by atoms with van der Waals surface area (Å²) >= 11 is 1.26. The molecule has 0 N–H and O–H groups in total. The van der Waals surface area contributed by atoms with E-state index in [0.717, 1.165) is 5.01 Å². The number of morpholine rings is 1. The summed E-state index contributed by atoms with van der Waals surface area (Å²) in [6.45, 7) is 3.73. The van der Waals surface area contributed by atoms with Crippen LogP contribution in [0.3, 0.4) is 0 Å². The van der Waals surface area contributed by atoms with Crippen LogP contribution in [-0.4, -0.2) is 71.7 Å². The molecule has 2 saturated heterocycles. The summed E-state index contributed by atoms with van der Waals surface area (Å²) in [5.74, 6) is -0.490. The molecule has 3 rings (SSSR count). The van der Waals surface area contributed by atoms with Crippen molar-refractivity contribution in [1.29, 1.82) is 0 Å². The van der Waals surface area contributed by atoms with Gasteiger partial charge in [-0.25, -0.2) is 9.37 Å². The van der Waals surface area contributed by atoms with E-state index in [9.17, 15) is 14.0 Å². The van der Waals surface area contributed by atoms with E-state index in [1.54, 1.807) is 11.8 Å². The van der Waals surface area contributed by atoms with Crippen LogP contribution in [-0.2, 0) is 9.53 Å². The number of rotatable bonds is 2. The SMILES string of the molecule is Cc1ncc(C(=O)N2C[C@H](F)C[C@H]2C(=O)N2CCOCC2)s1. The van der Waals surface area contributed by atoms with Crippen molar-refractivity contribution in [1.82, 2.24) is 14.8 Å². The van der Waals surface area contributed by atoms with Gasteiger partial charge >= 0.3 is 0 Å². The highest BCUT2D eigenvalue weighted by atomic mass is 32.1. The Hall–Kier alpha value is -1.54. The fraction of sp³-hybridized carbons (Fsp3) is 0.643. The molecule has 0 aromatic carbocycles. The van der Waals surface area contributed by atoms with Gasteiger partial charge in [0.05, 0.1) is 31.0 Å². The fourth-order valence-corrected chi connectivity index (χ4v) is 3.57. The number of aryl methyl sites for hydroxylation is 1. The largest absolute Gasteiger partial charge is 0.378 e. The monoisotopic (exact) mass is 327 g/mol. The van der Waals surface area contributed by atoms with E-state index in [1.165, 1.54) is 22.4 Å². The van der Waals surface area contributed by atoms with Gasteiger partial charge in [-0.1, -0.05) is 0 Å². The first-order chi connectivity index (χ1) is 10.6. The van der Waals surface area contributed by atoms with Crippen molar-refractivity contribution in [2.24, 2.45) is 0 Å². The lowest BCUT2D eigenvalue weighted by molar-refractivity contribution is -0.139. The number of nitrogens with zero attached hydrogens (tertiary/aromatic N) is 3. The van der Waals surface area contributed by atoms with Gasteiger partial charge in [0.1, 0.15) is 17.1 Å². The molecule has 2 fully saturated rings. The van der Waals surface area contributed by atoms with Crippen LogP contribution in [0.4, 0.5) is 4.39 Å². The zero-order valence-corrected chi connectivity index (χ0v) is 13.1. The number of likely N-dealkylation sites (tertiary alicyclic amines) is 1. The van der Waals surface area contributed by atoms with Gasteiger partial charge in [0.15, 0.2) is 0 Å². The lowest BCUT2D eigenvalue weighted by Gasteiger charge is -2.32. The normalized spacial score (nSPS) is 25.5. The van der Waals surface area contributed by atoms with Crippen molar-refractivity contribution >= 4 is 23.2 Å². The first-order valence-corrected chi connectivity index (χ1v) is 8.12. The highest BCUT2D eigenvalue weighted by Crippen LogP contribution is 2.26. The van der Waals surface area contributed by atoms with Crippen LogP contribution in [0, 0.1) is 6.92 Å². The Balaban J connectivity index is 1.76. The summed E-state index contributed by atoms with van der Waals surface area (Å²) in [5, 5.41) is 0.774. The second kappa shape index (κ2) is 6.29. The molecule has 2 atom stereocenters. The number of hydrogen-bond donors (Lipinski definition) is 0. The third-order valence-electron chi connectivity index (χ3n) is 3.95. The Bertz CT molecular complexity index is 573. The second-order valence-corrected chi connectivity index (χ2v) is 6.72. The minimum atomic E-state index is -1.16. The first kappa shape index (κ1) is 15.4. The van der Waals surface area contributed by atoms with Crippen molar-refractivity contribution < 1.29 is 18.7 Å². The third kappa shape index (κ3) is 2.98. The Kier molecular flexibility index (Phi) is 4.39. The molecule has 2 aliphatic heterocycles. The van der Waals surface area contributed by atoms with Gasteiger partial charge in [0.2, 0.25) is 5.91 Å². The molecule has 1 aromatic heterocycles. The molecule has 6 nitrogen and oxygen atoms in total. The quantitative estimate of drug-likeness (QED) is 0.808. The number of alkyl halides is 1. The summed E-state index contributed by atoms with van der Waals surface area (Å²) in [6, 6.07) is -0.719.